The maximum absolute atomic E-state index is 13.1. The van der Waals surface area contributed by atoms with Crippen LogP contribution in [0.25, 0.3) is 0 Å². The maximum atomic E-state index is 13.1. The molecular formula is C15H20FN3O. The minimum Gasteiger partial charge on any atom is -0.383 e. The van der Waals surface area contributed by atoms with Crippen LogP contribution < -0.4 is 5.32 Å². The molecule has 0 aliphatic carbocycles. The largest absolute Gasteiger partial charge is 0.383 e. The number of ether oxygens (including phenoxy) is 1. The first kappa shape index (κ1) is 14.7. The number of rotatable bonds is 7. The first-order valence-corrected chi connectivity index (χ1v) is 6.65. The molecule has 0 aliphatic heterocycles. The van der Waals surface area contributed by atoms with Crippen molar-refractivity contribution < 1.29 is 9.13 Å². The Labute approximate surface area is 118 Å². The summed E-state index contributed by atoms with van der Waals surface area (Å²) < 4.78 is 19.9. The van der Waals surface area contributed by atoms with E-state index in [-0.39, 0.29) is 5.82 Å². The van der Waals surface area contributed by atoms with Crippen molar-refractivity contribution in [3.63, 3.8) is 0 Å². The standard InChI is InChI=1S/C15H20FN3O/c1-12-7-15(16)4-3-14(12)11-19-10-13(9-18-19)8-17-5-6-20-2/h3-4,7,9-10,17H,5-6,8,11H2,1-2H3. The normalized spacial score (nSPS) is 10.9. The van der Waals surface area contributed by atoms with E-state index < -0.39 is 0 Å². The molecule has 0 aliphatic rings. The second kappa shape index (κ2) is 7.17. The van der Waals surface area contributed by atoms with E-state index in [4.69, 9.17) is 4.74 Å². The van der Waals surface area contributed by atoms with Crippen LogP contribution in [0, 0.1) is 12.7 Å². The Kier molecular flexibility index (Phi) is 5.26. The number of aromatic nitrogens is 2. The van der Waals surface area contributed by atoms with Crippen LogP contribution in [0.15, 0.2) is 30.6 Å². The van der Waals surface area contributed by atoms with Gasteiger partial charge in [-0.25, -0.2) is 4.39 Å². The molecule has 0 bridgehead atoms. The predicted molar refractivity (Wildman–Crippen MR) is 76.0 cm³/mol. The van der Waals surface area contributed by atoms with Gasteiger partial charge in [-0.1, -0.05) is 6.07 Å². The molecule has 0 spiro atoms. The molecule has 5 heteroatoms. The summed E-state index contributed by atoms with van der Waals surface area (Å²) in [6.45, 7) is 4.85. The van der Waals surface area contributed by atoms with Crippen LogP contribution in [-0.4, -0.2) is 30.0 Å². The molecule has 0 saturated carbocycles. The highest BCUT2D eigenvalue weighted by atomic mass is 19.1. The van der Waals surface area contributed by atoms with Gasteiger partial charge in [-0.2, -0.15) is 5.10 Å². The zero-order valence-corrected chi connectivity index (χ0v) is 11.9. The van der Waals surface area contributed by atoms with Crippen LogP contribution in [0.5, 0.6) is 0 Å². The van der Waals surface area contributed by atoms with E-state index in [1.165, 1.54) is 6.07 Å². The average molecular weight is 277 g/mol. The number of halogens is 1. The van der Waals surface area contributed by atoms with Gasteiger partial charge < -0.3 is 10.1 Å². The van der Waals surface area contributed by atoms with Gasteiger partial charge in [0.1, 0.15) is 5.82 Å². The monoisotopic (exact) mass is 277 g/mol. The molecule has 0 amide bonds. The molecule has 2 aromatic rings. The lowest BCUT2D eigenvalue weighted by atomic mass is 10.1. The topological polar surface area (TPSA) is 39.1 Å². The minimum atomic E-state index is -0.199. The molecule has 0 fully saturated rings. The molecular weight excluding hydrogens is 257 g/mol. The fourth-order valence-corrected chi connectivity index (χ4v) is 2.00. The Morgan fingerprint density at radius 2 is 2.25 bits per heavy atom. The predicted octanol–water partition coefficient (Wildman–Crippen LogP) is 2.11. The SMILES string of the molecule is COCCNCc1cnn(Cc2ccc(F)cc2C)c1. The van der Waals surface area contributed by atoms with E-state index in [0.29, 0.717) is 13.2 Å². The lowest BCUT2D eigenvalue weighted by Crippen LogP contribution is -2.18. The summed E-state index contributed by atoms with van der Waals surface area (Å²) in [6.07, 6.45) is 3.85. The molecule has 1 aromatic heterocycles. The van der Waals surface area contributed by atoms with Gasteiger partial charge in [0, 0.05) is 32.0 Å². The maximum Gasteiger partial charge on any atom is 0.123 e. The number of hydrogen-bond acceptors (Lipinski definition) is 3. The third-order valence-corrected chi connectivity index (χ3v) is 3.14. The lowest BCUT2D eigenvalue weighted by molar-refractivity contribution is 0.199. The summed E-state index contributed by atoms with van der Waals surface area (Å²) >= 11 is 0. The van der Waals surface area contributed by atoms with Crippen molar-refractivity contribution in [3.05, 3.63) is 53.1 Å². The fraction of sp³-hybridized carbons (Fsp3) is 0.400. The third-order valence-electron chi connectivity index (χ3n) is 3.14. The first-order valence-electron chi connectivity index (χ1n) is 6.65. The molecule has 2 rings (SSSR count). The molecule has 1 heterocycles. The van der Waals surface area contributed by atoms with Crippen LogP contribution in [0.3, 0.4) is 0 Å². The molecule has 4 nitrogen and oxygen atoms in total. The minimum absolute atomic E-state index is 0.199. The summed E-state index contributed by atoms with van der Waals surface area (Å²) in [6, 6.07) is 4.84. The van der Waals surface area contributed by atoms with Crippen molar-refractivity contribution in [1.82, 2.24) is 15.1 Å². The Bertz CT molecular complexity index is 554. The summed E-state index contributed by atoms with van der Waals surface area (Å²) in [5, 5.41) is 7.60. The number of aryl methyl sites for hydroxylation is 1. The van der Waals surface area contributed by atoms with Gasteiger partial charge in [-0.15, -0.1) is 0 Å². The lowest BCUT2D eigenvalue weighted by Gasteiger charge is -2.06. The Hall–Kier alpha value is -1.72. The van der Waals surface area contributed by atoms with E-state index in [2.05, 4.69) is 10.4 Å². The highest BCUT2D eigenvalue weighted by Gasteiger charge is 2.03. The van der Waals surface area contributed by atoms with Crippen molar-refractivity contribution >= 4 is 0 Å². The molecule has 0 atom stereocenters. The van der Waals surface area contributed by atoms with Crippen molar-refractivity contribution in [3.8, 4) is 0 Å². The van der Waals surface area contributed by atoms with E-state index in [1.807, 2.05) is 30.1 Å². The van der Waals surface area contributed by atoms with Crippen LogP contribution in [0.4, 0.5) is 4.39 Å². The molecule has 20 heavy (non-hydrogen) atoms. The summed E-state index contributed by atoms with van der Waals surface area (Å²) in [5.74, 6) is -0.199. The van der Waals surface area contributed by atoms with Gasteiger partial charge in [0.05, 0.1) is 19.3 Å². The van der Waals surface area contributed by atoms with Crippen LogP contribution >= 0.6 is 0 Å². The summed E-state index contributed by atoms with van der Waals surface area (Å²) in [4.78, 5) is 0. The van der Waals surface area contributed by atoms with Crippen LogP contribution in [0.1, 0.15) is 16.7 Å². The van der Waals surface area contributed by atoms with E-state index in [1.54, 1.807) is 13.2 Å². The van der Waals surface area contributed by atoms with Crippen LogP contribution in [-0.2, 0) is 17.8 Å². The highest BCUT2D eigenvalue weighted by molar-refractivity contribution is 5.26. The van der Waals surface area contributed by atoms with Gasteiger partial charge in [-0.3, -0.25) is 4.68 Å². The van der Waals surface area contributed by atoms with Gasteiger partial charge in [-0.05, 0) is 30.2 Å². The second-order valence-electron chi connectivity index (χ2n) is 4.79. The van der Waals surface area contributed by atoms with Crippen LogP contribution in [0.2, 0.25) is 0 Å². The number of methoxy groups -OCH3 is 1. The zero-order valence-electron chi connectivity index (χ0n) is 11.9. The second-order valence-corrected chi connectivity index (χ2v) is 4.79. The first-order chi connectivity index (χ1) is 9.69. The molecule has 1 N–H and O–H groups in total. The molecule has 0 saturated heterocycles. The summed E-state index contributed by atoms with van der Waals surface area (Å²) in [7, 11) is 1.69. The Morgan fingerprint density at radius 1 is 1.40 bits per heavy atom. The van der Waals surface area contributed by atoms with E-state index in [9.17, 15) is 4.39 Å². The van der Waals surface area contributed by atoms with Gasteiger partial charge in [0.25, 0.3) is 0 Å². The number of nitrogens with one attached hydrogen (secondary N) is 1. The van der Waals surface area contributed by atoms with Gasteiger partial charge in [0.15, 0.2) is 0 Å². The van der Waals surface area contributed by atoms with Crippen molar-refractivity contribution in [1.29, 1.82) is 0 Å². The Morgan fingerprint density at radius 3 is 3.00 bits per heavy atom. The highest BCUT2D eigenvalue weighted by Crippen LogP contribution is 2.11. The van der Waals surface area contributed by atoms with Gasteiger partial charge in [0.2, 0.25) is 0 Å². The smallest absolute Gasteiger partial charge is 0.123 e. The quantitative estimate of drug-likeness (QED) is 0.788. The fourth-order valence-electron chi connectivity index (χ4n) is 2.00. The average Bonchev–Trinajstić information content (AvgIpc) is 2.86. The number of nitrogens with zero attached hydrogens (tertiary/aromatic N) is 2. The third kappa shape index (κ3) is 4.15. The van der Waals surface area contributed by atoms with E-state index >= 15 is 0 Å². The molecule has 108 valence electrons. The van der Waals surface area contributed by atoms with E-state index in [0.717, 1.165) is 29.8 Å². The summed E-state index contributed by atoms with van der Waals surface area (Å²) in [5.41, 5.74) is 3.15. The van der Waals surface area contributed by atoms with Crippen molar-refractivity contribution in [2.24, 2.45) is 0 Å². The number of hydrogen-bond donors (Lipinski definition) is 1. The van der Waals surface area contributed by atoms with Crippen molar-refractivity contribution in [2.45, 2.75) is 20.0 Å². The van der Waals surface area contributed by atoms with Gasteiger partial charge >= 0.3 is 0 Å². The molecule has 0 radical (unpaired) electrons. The molecule has 1 aromatic carbocycles. The Balaban J connectivity index is 1.92. The number of benzene rings is 1. The molecule has 0 unspecified atom stereocenters. The van der Waals surface area contributed by atoms with Crippen molar-refractivity contribution in [2.75, 3.05) is 20.3 Å². The zero-order chi connectivity index (χ0) is 14.4.